The molecule has 0 saturated heterocycles. The van der Waals surface area contributed by atoms with Gasteiger partial charge in [-0.1, -0.05) is 34.1 Å². The third-order valence-electron chi connectivity index (χ3n) is 9.94. The molecule has 5 aliphatic carbocycles. The molecular formula is C24H38O2. The van der Waals surface area contributed by atoms with Gasteiger partial charge in [0.15, 0.2) is 0 Å². The van der Waals surface area contributed by atoms with E-state index in [-0.39, 0.29) is 17.5 Å². The lowest BCUT2D eigenvalue weighted by molar-refractivity contribution is -0.181. The number of carbonyl (C=O) groups excluding carboxylic acids is 1. The van der Waals surface area contributed by atoms with E-state index < -0.39 is 0 Å². The minimum atomic E-state index is -0.131. The minimum Gasteiger partial charge on any atom is -0.458 e. The van der Waals surface area contributed by atoms with E-state index in [0.717, 1.165) is 48.3 Å². The van der Waals surface area contributed by atoms with Gasteiger partial charge in [-0.25, -0.2) is 0 Å². The molecule has 26 heavy (non-hydrogen) atoms. The van der Waals surface area contributed by atoms with Gasteiger partial charge in [-0.15, -0.1) is 0 Å². The molecule has 0 aromatic carbocycles. The summed E-state index contributed by atoms with van der Waals surface area (Å²) in [5, 5.41) is 0. The zero-order valence-electron chi connectivity index (χ0n) is 17.2. The van der Waals surface area contributed by atoms with Crippen molar-refractivity contribution in [2.75, 3.05) is 0 Å². The lowest BCUT2D eigenvalue weighted by Gasteiger charge is -2.43. The Morgan fingerprint density at radius 3 is 2.54 bits per heavy atom. The van der Waals surface area contributed by atoms with E-state index in [1.165, 1.54) is 38.5 Å². The largest absolute Gasteiger partial charge is 0.458 e. The molecule has 0 amide bonds. The van der Waals surface area contributed by atoms with Crippen LogP contribution in [0.25, 0.3) is 0 Å². The Labute approximate surface area is 159 Å². The van der Waals surface area contributed by atoms with Crippen molar-refractivity contribution in [1.29, 1.82) is 0 Å². The van der Waals surface area contributed by atoms with Crippen LogP contribution in [0.15, 0.2) is 0 Å². The van der Waals surface area contributed by atoms with Gasteiger partial charge in [0, 0.05) is 0 Å². The second-order valence-electron chi connectivity index (χ2n) is 11.1. The van der Waals surface area contributed by atoms with Crippen molar-refractivity contribution in [2.45, 2.75) is 84.7 Å². The summed E-state index contributed by atoms with van der Waals surface area (Å²) in [6.45, 7) is 9.42. The quantitative estimate of drug-likeness (QED) is 0.603. The van der Waals surface area contributed by atoms with Gasteiger partial charge >= 0.3 is 5.97 Å². The minimum absolute atomic E-state index is 0.131. The topological polar surface area (TPSA) is 26.3 Å². The van der Waals surface area contributed by atoms with Crippen molar-refractivity contribution in [3.63, 3.8) is 0 Å². The van der Waals surface area contributed by atoms with Crippen molar-refractivity contribution in [3.8, 4) is 0 Å². The number of ether oxygens (including phenoxy) is 1. The van der Waals surface area contributed by atoms with Gasteiger partial charge in [-0.05, 0) is 98.2 Å². The fourth-order valence-corrected chi connectivity index (χ4v) is 8.99. The molecule has 5 fully saturated rings. The van der Waals surface area contributed by atoms with E-state index in [4.69, 9.17) is 4.74 Å². The van der Waals surface area contributed by atoms with Crippen LogP contribution in [-0.2, 0) is 9.53 Å². The summed E-state index contributed by atoms with van der Waals surface area (Å²) in [6.07, 6.45) is 10.3. The highest BCUT2D eigenvalue weighted by atomic mass is 16.6. The van der Waals surface area contributed by atoms with Crippen LogP contribution in [-0.4, -0.2) is 11.6 Å². The van der Waals surface area contributed by atoms with E-state index in [9.17, 15) is 4.79 Å². The van der Waals surface area contributed by atoms with Crippen LogP contribution in [0.3, 0.4) is 0 Å². The summed E-state index contributed by atoms with van der Waals surface area (Å²) in [5.41, 5.74) is -0.131. The molecule has 10 atom stereocenters. The fraction of sp³-hybridized carbons (Fsp3) is 0.958. The lowest BCUT2D eigenvalue weighted by Crippen LogP contribution is -2.47. The molecule has 5 aliphatic rings. The monoisotopic (exact) mass is 358 g/mol. The molecule has 2 heteroatoms. The van der Waals surface area contributed by atoms with Crippen LogP contribution < -0.4 is 0 Å². The second-order valence-corrected chi connectivity index (χ2v) is 11.1. The Bertz CT molecular complexity index is 583. The molecule has 0 aliphatic heterocycles. The molecule has 0 aromatic heterocycles. The lowest BCUT2D eigenvalue weighted by atomic mass is 9.70. The summed E-state index contributed by atoms with van der Waals surface area (Å²) in [6, 6.07) is 0. The van der Waals surface area contributed by atoms with Crippen LogP contribution in [0.1, 0.15) is 79.1 Å². The van der Waals surface area contributed by atoms with Gasteiger partial charge in [0.05, 0.1) is 5.92 Å². The molecular weight excluding hydrogens is 320 g/mol. The van der Waals surface area contributed by atoms with E-state index in [2.05, 4.69) is 27.7 Å². The smallest absolute Gasteiger partial charge is 0.309 e. The molecule has 0 spiro atoms. The van der Waals surface area contributed by atoms with Gasteiger partial charge in [-0.3, -0.25) is 4.79 Å². The van der Waals surface area contributed by atoms with Crippen molar-refractivity contribution in [2.24, 2.45) is 59.2 Å². The molecule has 0 radical (unpaired) electrons. The Morgan fingerprint density at radius 1 is 1.12 bits per heavy atom. The van der Waals surface area contributed by atoms with Gasteiger partial charge in [0.1, 0.15) is 5.60 Å². The molecule has 10 unspecified atom stereocenters. The average Bonchev–Trinajstić information content (AvgIpc) is 3.39. The number of hydrogen-bond donors (Lipinski definition) is 0. The average molecular weight is 359 g/mol. The molecule has 0 aromatic rings. The maximum atomic E-state index is 13.4. The highest BCUT2D eigenvalue weighted by Gasteiger charge is 2.62. The number of hydrogen-bond acceptors (Lipinski definition) is 2. The molecule has 146 valence electrons. The third-order valence-corrected chi connectivity index (χ3v) is 9.94. The van der Waals surface area contributed by atoms with E-state index in [1.54, 1.807) is 0 Å². The van der Waals surface area contributed by atoms with E-state index >= 15 is 0 Å². The van der Waals surface area contributed by atoms with Gasteiger partial charge in [0.25, 0.3) is 0 Å². The van der Waals surface area contributed by atoms with Crippen LogP contribution in [0.2, 0.25) is 0 Å². The first-order valence-corrected chi connectivity index (χ1v) is 11.7. The van der Waals surface area contributed by atoms with Gasteiger partial charge in [0.2, 0.25) is 0 Å². The standard InChI is InChI=1S/C24H38O2/c1-5-16-8-14(4)21-17-10-19(22(16)21)20(11-17)23(25)26-24(13(2)3)12-15-6-7-18(24)9-15/h13-22H,5-12H2,1-4H3. The number of rotatable bonds is 4. The molecule has 5 saturated carbocycles. The SMILES string of the molecule is CCC1CC(C)C2C3CC(C(=O)OC4(C(C)C)CC5CCC4C5)C(C3)C12. The van der Waals surface area contributed by atoms with Crippen molar-refractivity contribution >= 4 is 5.97 Å². The van der Waals surface area contributed by atoms with Gasteiger partial charge < -0.3 is 4.74 Å². The maximum Gasteiger partial charge on any atom is 0.309 e. The first-order valence-electron chi connectivity index (χ1n) is 11.7. The zero-order chi connectivity index (χ0) is 18.2. The highest BCUT2D eigenvalue weighted by Crippen LogP contribution is 2.65. The van der Waals surface area contributed by atoms with Crippen LogP contribution >= 0.6 is 0 Å². The Hall–Kier alpha value is -0.530. The number of fused-ring (bicyclic) bond motifs is 7. The van der Waals surface area contributed by atoms with Crippen molar-refractivity contribution in [1.82, 2.24) is 0 Å². The third kappa shape index (κ3) is 2.26. The molecule has 0 N–H and O–H groups in total. The molecule has 0 heterocycles. The van der Waals surface area contributed by atoms with Crippen molar-refractivity contribution < 1.29 is 9.53 Å². The first-order chi connectivity index (χ1) is 12.4. The Morgan fingerprint density at radius 2 is 1.92 bits per heavy atom. The first kappa shape index (κ1) is 17.6. The van der Waals surface area contributed by atoms with Crippen molar-refractivity contribution in [3.05, 3.63) is 0 Å². The van der Waals surface area contributed by atoms with E-state index in [1.807, 2.05) is 0 Å². The predicted octanol–water partition coefficient (Wildman–Crippen LogP) is 5.70. The fourth-order valence-electron chi connectivity index (χ4n) is 8.99. The van der Waals surface area contributed by atoms with Crippen LogP contribution in [0.5, 0.6) is 0 Å². The summed E-state index contributed by atoms with van der Waals surface area (Å²) in [4.78, 5) is 13.4. The summed E-state index contributed by atoms with van der Waals surface area (Å²) in [5.74, 6) is 7.25. The number of carbonyl (C=O) groups is 1. The maximum absolute atomic E-state index is 13.4. The predicted molar refractivity (Wildman–Crippen MR) is 103 cm³/mol. The summed E-state index contributed by atoms with van der Waals surface area (Å²) < 4.78 is 6.54. The molecule has 2 nitrogen and oxygen atoms in total. The molecule has 5 rings (SSSR count). The molecule has 4 bridgehead atoms. The van der Waals surface area contributed by atoms with Crippen LogP contribution in [0.4, 0.5) is 0 Å². The Balaban J connectivity index is 1.34. The second kappa shape index (κ2) is 5.98. The normalized spacial score (nSPS) is 54.3. The van der Waals surface area contributed by atoms with Gasteiger partial charge in [-0.2, -0.15) is 0 Å². The van der Waals surface area contributed by atoms with Crippen LogP contribution in [0, 0.1) is 59.2 Å². The highest BCUT2D eigenvalue weighted by molar-refractivity contribution is 5.74. The Kier molecular flexibility index (Phi) is 4.04. The van der Waals surface area contributed by atoms with E-state index in [0.29, 0.717) is 17.8 Å². The number of esters is 1. The summed E-state index contributed by atoms with van der Waals surface area (Å²) in [7, 11) is 0. The summed E-state index contributed by atoms with van der Waals surface area (Å²) >= 11 is 0. The zero-order valence-corrected chi connectivity index (χ0v) is 17.2.